The van der Waals surface area contributed by atoms with Crippen LogP contribution in [0.1, 0.15) is 89.9 Å². The molecular formula is C27H46N2O5. The molecule has 4 saturated carbocycles. The minimum atomic E-state index is 0.0517. The lowest BCUT2D eigenvalue weighted by Gasteiger charge is -2.30. The van der Waals surface area contributed by atoms with Gasteiger partial charge in [-0.25, -0.2) is 4.79 Å². The van der Waals surface area contributed by atoms with Crippen molar-refractivity contribution in [2.24, 2.45) is 11.8 Å². The van der Waals surface area contributed by atoms with Crippen LogP contribution in [0.3, 0.4) is 0 Å². The van der Waals surface area contributed by atoms with Gasteiger partial charge in [-0.15, -0.1) is 0 Å². The molecule has 1 saturated heterocycles. The Bertz CT molecular complexity index is 627. The second-order valence-corrected chi connectivity index (χ2v) is 11.3. The maximum atomic E-state index is 12.9. The van der Waals surface area contributed by atoms with Gasteiger partial charge in [-0.3, -0.25) is 4.90 Å². The van der Waals surface area contributed by atoms with E-state index in [0.29, 0.717) is 43.6 Å². The molecule has 0 spiro atoms. The van der Waals surface area contributed by atoms with E-state index in [1.165, 1.54) is 64.2 Å². The van der Waals surface area contributed by atoms with Gasteiger partial charge in [0.1, 0.15) is 13.5 Å². The monoisotopic (exact) mass is 478 g/mol. The van der Waals surface area contributed by atoms with E-state index < -0.39 is 0 Å². The van der Waals surface area contributed by atoms with Gasteiger partial charge in [0.15, 0.2) is 0 Å². The lowest BCUT2D eigenvalue weighted by Crippen LogP contribution is -2.41. The SMILES string of the molecule is O=C(N1CC1)N(COC1CCCC1)COC1CCC(COC2CCCC2)C1COC1CCCC1. The zero-order valence-corrected chi connectivity index (χ0v) is 21.0. The number of urea groups is 1. The number of carbonyl (C=O) groups is 1. The summed E-state index contributed by atoms with van der Waals surface area (Å²) in [6.07, 6.45) is 18.1. The topological polar surface area (TPSA) is 60.2 Å². The van der Waals surface area contributed by atoms with Gasteiger partial charge in [0.2, 0.25) is 0 Å². The first kappa shape index (κ1) is 24.8. The third kappa shape index (κ3) is 6.86. The molecule has 0 radical (unpaired) electrons. The number of amides is 2. The Morgan fingerprint density at radius 3 is 1.76 bits per heavy atom. The molecule has 0 N–H and O–H groups in total. The van der Waals surface area contributed by atoms with Gasteiger partial charge in [0.25, 0.3) is 0 Å². The first-order valence-corrected chi connectivity index (χ1v) is 14.3. The van der Waals surface area contributed by atoms with Crippen LogP contribution in [-0.2, 0) is 18.9 Å². The number of carbonyl (C=O) groups excluding carboxylic acids is 1. The molecule has 7 heteroatoms. The summed E-state index contributed by atoms with van der Waals surface area (Å²) in [4.78, 5) is 16.5. The van der Waals surface area contributed by atoms with Gasteiger partial charge >= 0.3 is 6.03 Å². The number of ether oxygens (including phenoxy) is 4. The van der Waals surface area contributed by atoms with E-state index >= 15 is 0 Å². The van der Waals surface area contributed by atoms with Gasteiger partial charge in [-0.1, -0.05) is 38.5 Å². The normalized spacial score (nSPS) is 30.6. The van der Waals surface area contributed by atoms with E-state index in [-0.39, 0.29) is 12.1 Å². The average molecular weight is 479 g/mol. The van der Waals surface area contributed by atoms with Crippen LogP contribution in [0.2, 0.25) is 0 Å². The maximum absolute atomic E-state index is 12.9. The van der Waals surface area contributed by atoms with Crippen molar-refractivity contribution in [1.82, 2.24) is 9.80 Å². The van der Waals surface area contributed by atoms with Crippen molar-refractivity contribution in [3.8, 4) is 0 Å². The molecule has 0 aromatic carbocycles. The summed E-state index contributed by atoms with van der Waals surface area (Å²) < 4.78 is 25.3. The summed E-state index contributed by atoms with van der Waals surface area (Å²) in [6, 6.07) is 0.0517. The van der Waals surface area contributed by atoms with Crippen molar-refractivity contribution < 1.29 is 23.7 Å². The quantitative estimate of drug-likeness (QED) is 0.294. The maximum Gasteiger partial charge on any atom is 0.323 e. The average Bonchev–Trinajstić information content (AvgIpc) is 3.33. The molecule has 3 unspecified atom stereocenters. The summed E-state index contributed by atoms with van der Waals surface area (Å²) in [5, 5.41) is 0. The second-order valence-electron chi connectivity index (χ2n) is 11.3. The van der Waals surface area contributed by atoms with Crippen LogP contribution in [0, 0.1) is 11.8 Å². The molecule has 5 rings (SSSR count). The zero-order valence-electron chi connectivity index (χ0n) is 21.0. The zero-order chi connectivity index (χ0) is 23.2. The largest absolute Gasteiger partial charge is 0.378 e. The van der Waals surface area contributed by atoms with Crippen LogP contribution in [0.25, 0.3) is 0 Å². The van der Waals surface area contributed by atoms with Gasteiger partial charge in [0, 0.05) is 19.0 Å². The molecule has 0 aromatic rings. The number of rotatable bonds is 12. The fourth-order valence-corrected chi connectivity index (χ4v) is 6.41. The molecular weight excluding hydrogens is 432 g/mol. The van der Waals surface area contributed by atoms with Gasteiger partial charge in [0.05, 0.1) is 37.6 Å². The Hall–Kier alpha value is -0.890. The van der Waals surface area contributed by atoms with E-state index in [4.69, 9.17) is 18.9 Å². The van der Waals surface area contributed by atoms with Crippen molar-refractivity contribution in [2.45, 2.75) is 114 Å². The van der Waals surface area contributed by atoms with Crippen LogP contribution >= 0.6 is 0 Å². The predicted molar refractivity (Wildman–Crippen MR) is 129 cm³/mol. The molecule has 5 fully saturated rings. The smallest absolute Gasteiger partial charge is 0.323 e. The van der Waals surface area contributed by atoms with E-state index in [0.717, 1.165) is 52.0 Å². The van der Waals surface area contributed by atoms with Crippen LogP contribution < -0.4 is 0 Å². The number of hydrogen-bond acceptors (Lipinski definition) is 5. The summed E-state index contributed by atoms with van der Waals surface area (Å²) in [7, 11) is 0. The van der Waals surface area contributed by atoms with Crippen molar-refractivity contribution >= 4 is 6.03 Å². The Balaban J connectivity index is 1.15. The molecule has 5 aliphatic rings. The fraction of sp³-hybridized carbons (Fsp3) is 0.963. The Labute approximate surface area is 205 Å². The number of nitrogens with zero attached hydrogens (tertiary/aromatic N) is 2. The molecule has 0 bridgehead atoms. The van der Waals surface area contributed by atoms with E-state index in [2.05, 4.69) is 0 Å². The van der Waals surface area contributed by atoms with E-state index in [1.54, 1.807) is 4.90 Å². The van der Waals surface area contributed by atoms with Crippen molar-refractivity contribution in [1.29, 1.82) is 0 Å². The van der Waals surface area contributed by atoms with Gasteiger partial charge in [-0.2, -0.15) is 0 Å². The van der Waals surface area contributed by atoms with Crippen LogP contribution in [0.15, 0.2) is 0 Å². The van der Waals surface area contributed by atoms with Crippen molar-refractivity contribution in [3.63, 3.8) is 0 Å². The minimum absolute atomic E-state index is 0.0517. The van der Waals surface area contributed by atoms with Gasteiger partial charge in [-0.05, 0) is 57.3 Å². The van der Waals surface area contributed by atoms with Gasteiger partial charge < -0.3 is 23.8 Å². The number of hydrogen-bond donors (Lipinski definition) is 0. The standard InChI is InChI=1S/C27H46N2O5/c30-27(28-15-16-28)29(19-33-24-11-5-6-12-24)20-34-26-14-13-21(17-31-22-7-1-2-8-22)25(26)18-32-23-9-3-4-10-23/h21-26H,1-20H2. The van der Waals surface area contributed by atoms with Crippen molar-refractivity contribution in [2.75, 3.05) is 39.8 Å². The predicted octanol–water partition coefficient (Wildman–Crippen LogP) is 4.93. The molecule has 1 heterocycles. The third-order valence-electron chi connectivity index (χ3n) is 8.78. The lowest BCUT2D eigenvalue weighted by atomic mass is 9.96. The minimum Gasteiger partial charge on any atom is -0.378 e. The molecule has 4 aliphatic carbocycles. The first-order valence-electron chi connectivity index (χ1n) is 14.3. The first-order chi connectivity index (χ1) is 16.8. The molecule has 0 aromatic heterocycles. The molecule has 2 amide bonds. The second kappa shape index (κ2) is 12.4. The van der Waals surface area contributed by atoms with E-state index in [9.17, 15) is 4.79 Å². The fourth-order valence-electron chi connectivity index (χ4n) is 6.41. The summed E-state index contributed by atoms with van der Waals surface area (Å²) in [6.45, 7) is 3.92. The summed E-state index contributed by atoms with van der Waals surface area (Å²) in [5.74, 6) is 0.828. The highest BCUT2D eigenvalue weighted by Crippen LogP contribution is 2.37. The van der Waals surface area contributed by atoms with Crippen LogP contribution in [0.4, 0.5) is 4.79 Å². The van der Waals surface area contributed by atoms with Crippen LogP contribution in [0.5, 0.6) is 0 Å². The molecule has 194 valence electrons. The van der Waals surface area contributed by atoms with Crippen LogP contribution in [-0.4, -0.2) is 80.0 Å². The highest BCUT2D eigenvalue weighted by molar-refractivity contribution is 5.76. The Morgan fingerprint density at radius 1 is 0.647 bits per heavy atom. The lowest BCUT2D eigenvalue weighted by molar-refractivity contribution is -0.0962. The highest BCUT2D eigenvalue weighted by atomic mass is 16.5. The molecule has 1 aliphatic heterocycles. The third-order valence-corrected chi connectivity index (χ3v) is 8.78. The highest BCUT2D eigenvalue weighted by Gasteiger charge is 2.39. The van der Waals surface area contributed by atoms with Crippen molar-refractivity contribution in [3.05, 3.63) is 0 Å². The molecule has 3 atom stereocenters. The molecule has 7 nitrogen and oxygen atoms in total. The Kier molecular flexibility index (Phi) is 9.02. The van der Waals surface area contributed by atoms with E-state index in [1.807, 2.05) is 4.90 Å². The summed E-state index contributed by atoms with van der Waals surface area (Å²) in [5.41, 5.74) is 0. The molecule has 34 heavy (non-hydrogen) atoms. The Morgan fingerprint density at radius 2 is 1.18 bits per heavy atom. The summed E-state index contributed by atoms with van der Waals surface area (Å²) >= 11 is 0.